The molecule has 0 saturated carbocycles. The molecule has 0 aliphatic heterocycles. The monoisotopic (exact) mass is 203 g/mol. The normalized spacial score (nSPS) is 9.69. The van der Waals surface area contributed by atoms with Crippen LogP contribution in [0.4, 0.5) is 0 Å². The lowest BCUT2D eigenvalue weighted by Gasteiger charge is -1.94. The highest BCUT2D eigenvalue weighted by Crippen LogP contribution is 2.05. The van der Waals surface area contributed by atoms with Gasteiger partial charge in [0.05, 0.1) is 0 Å². The Labute approximate surface area is 78.6 Å². The number of oxazole rings is 1. The van der Waals surface area contributed by atoms with E-state index in [0.29, 0.717) is 0 Å². The van der Waals surface area contributed by atoms with Crippen LogP contribution in [-0.2, 0) is 16.1 Å². The van der Waals surface area contributed by atoms with Crippen molar-refractivity contribution in [3.8, 4) is 0 Å². The Morgan fingerprint density at radius 1 is 1.69 bits per heavy atom. The van der Waals surface area contributed by atoms with E-state index >= 15 is 0 Å². The molecule has 6 heteroatoms. The largest absolute Gasteiger partial charge is 0.456 e. The van der Waals surface area contributed by atoms with Gasteiger partial charge in [0.1, 0.15) is 6.26 Å². The minimum Gasteiger partial charge on any atom is -0.456 e. The summed E-state index contributed by atoms with van der Waals surface area (Å²) in [4.78, 5) is 24.6. The molecule has 0 N–H and O–H groups in total. The lowest BCUT2D eigenvalue weighted by Crippen LogP contribution is -1.99. The zero-order valence-corrected chi connectivity index (χ0v) is 7.50. The van der Waals surface area contributed by atoms with Gasteiger partial charge in [-0.05, 0) is 11.6 Å². The van der Waals surface area contributed by atoms with E-state index in [4.69, 9.17) is 16.0 Å². The van der Waals surface area contributed by atoms with Crippen LogP contribution in [0.2, 0.25) is 0 Å². The standard InChI is InChI=1S/C7H6ClNO4/c1-4(10)12-3-6-9-5(2-13-6)7(8)11/h2H,3H2,1H3. The molecule has 0 saturated heterocycles. The van der Waals surface area contributed by atoms with Gasteiger partial charge in [0, 0.05) is 6.92 Å². The molecule has 0 atom stereocenters. The second-order valence-electron chi connectivity index (χ2n) is 2.18. The molecule has 0 unspecified atom stereocenters. The summed E-state index contributed by atoms with van der Waals surface area (Å²) in [6.45, 7) is 1.16. The number of hydrogen-bond acceptors (Lipinski definition) is 5. The molecule has 1 aromatic heterocycles. The van der Waals surface area contributed by atoms with Crippen LogP contribution >= 0.6 is 11.6 Å². The summed E-state index contributed by atoms with van der Waals surface area (Å²) in [7, 11) is 0. The first-order valence-electron chi connectivity index (χ1n) is 3.37. The van der Waals surface area contributed by atoms with Crippen molar-refractivity contribution < 1.29 is 18.7 Å². The third-order valence-corrected chi connectivity index (χ3v) is 1.35. The van der Waals surface area contributed by atoms with Gasteiger partial charge in [0.15, 0.2) is 12.3 Å². The van der Waals surface area contributed by atoms with E-state index in [1.54, 1.807) is 0 Å². The number of rotatable bonds is 3. The predicted octanol–water partition coefficient (Wildman–Crippen LogP) is 1.12. The number of hydrogen-bond donors (Lipinski definition) is 0. The Morgan fingerprint density at radius 2 is 2.38 bits per heavy atom. The molecule has 5 nitrogen and oxygen atoms in total. The van der Waals surface area contributed by atoms with Crippen LogP contribution in [0.15, 0.2) is 10.7 Å². The molecular formula is C7H6ClNO4. The SMILES string of the molecule is CC(=O)OCc1nc(C(=O)Cl)co1. The quantitative estimate of drug-likeness (QED) is 0.544. The summed E-state index contributed by atoms with van der Waals surface area (Å²) in [5, 5.41) is -0.710. The van der Waals surface area contributed by atoms with Crippen LogP contribution in [0.5, 0.6) is 0 Å². The maximum absolute atomic E-state index is 10.5. The highest BCUT2D eigenvalue weighted by atomic mass is 35.5. The third-order valence-electron chi connectivity index (χ3n) is 1.15. The molecule has 0 fully saturated rings. The summed E-state index contributed by atoms with van der Waals surface area (Å²) in [5.74, 6) is -0.309. The average Bonchev–Trinajstić information content (AvgIpc) is 2.48. The van der Waals surface area contributed by atoms with Crippen molar-refractivity contribution in [1.29, 1.82) is 0 Å². The Balaban J connectivity index is 2.59. The number of carbonyl (C=O) groups excluding carboxylic acids is 2. The van der Waals surface area contributed by atoms with E-state index in [9.17, 15) is 9.59 Å². The maximum atomic E-state index is 10.5. The van der Waals surface area contributed by atoms with E-state index in [0.717, 1.165) is 6.26 Å². The van der Waals surface area contributed by atoms with Crippen molar-refractivity contribution in [3.05, 3.63) is 17.8 Å². The van der Waals surface area contributed by atoms with Crippen LogP contribution < -0.4 is 0 Å². The molecule has 0 bridgehead atoms. The first kappa shape index (κ1) is 9.73. The van der Waals surface area contributed by atoms with E-state index in [-0.39, 0.29) is 18.2 Å². The fraction of sp³-hybridized carbons (Fsp3) is 0.286. The molecule has 0 aromatic carbocycles. The minimum absolute atomic E-state index is 0.00354. The van der Waals surface area contributed by atoms with Crippen molar-refractivity contribution in [2.24, 2.45) is 0 Å². The molecule has 0 aliphatic carbocycles. The zero-order valence-electron chi connectivity index (χ0n) is 6.74. The second kappa shape index (κ2) is 4.04. The molecule has 1 rings (SSSR count). The molecule has 1 aromatic rings. The van der Waals surface area contributed by atoms with Gasteiger partial charge in [-0.2, -0.15) is 0 Å². The Morgan fingerprint density at radius 3 is 2.85 bits per heavy atom. The molecule has 70 valence electrons. The lowest BCUT2D eigenvalue weighted by atomic mass is 10.5. The third kappa shape index (κ3) is 2.87. The smallest absolute Gasteiger partial charge is 0.303 e. The average molecular weight is 204 g/mol. The van der Waals surface area contributed by atoms with Crippen molar-refractivity contribution >= 4 is 22.8 Å². The molecule has 0 radical (unpaired) electrons. The summed E-state index contributed by atoms with van der Waals surface area (Å²) in [6.07, 6.45) is 1.11. The predicted molar refractivity (Wildman–Crippen MR) is 42.2 cm³/mol. The number of esters is 1. The number of carbonyl (C=O) groups is 2. The summed E-state index contributed by atoms with van der Waals surface area (Å²) in [5.41, 5.74) is 0.00354. The molecule has 0 amide bonds. The van der Waals surface area contributed by atoms with Crippen molar-refractivity contribution in [1.82, 2.24) is 4.98 Å². The fourth-order valence-electron chi connectivity index (χ4n) is 0.631. The van der Waals surface area contributed by atoms with Gasteiger partial charge in [0.25, 0.3) is 5.24 Å². The van der Waals surface area contributed by atoms with Gasteiger partial charge in [-0.15, -0.1) is 0 Å². The van der Waals surface area contributed by atoms with E-state index < -0.39 is 11.2 Å². The van der Waals surface area contributed by atoms with Gasteiger partial charge < -0.3 is 9.15 Å². The van der Waals surface area contributed by atoms with Gasteiger partial charge in [0.2, 0.25) is 5.89 Å². The number of nitrogens with zero attached hydrogens (tertiary/aromatic N) is 1. The Kier molecular flexibility index (Phi) is 3.02. The van der Waals surface area contributed by atoms with Crippen molar-refractivity contribution in [2.75, 3.05) is 0 Å². The van der Waals surface area contributed by atoms with E-state index in [1.165, 1.54) is 6.92 Å². The van der Waals surface area contributed by atoms with Gasteiger partial charge in [-0.1, -0.05) is 0 Å². The topological polar surface area (TPSA) is 69.4 Å². The van der Waals surface area contributed by atoms with E-state index in [1.807, 2.05) is 0 Å². The number of ether oxygens (including phenoxy) is 1. The number of halogens is 1. The molecule has 1 heterocycles. The van der Waals surface area contributed by atoms with E-state index in [2.05, 4.69) is 9.72 Å². The Bertz CT molecular complexity index is 333. The van der Waals surface area contributed by atoms with Crippen molar-refractivity contribution in [3.63, 3.8) is 0 Å². The fourth-order valence-corrected chi connectivity index (χ4v) is 0.718. The van der Waals surface area contributed by atoms with Crippen LogP contribution in [0.25, 0.3) is 0 Å². The molecule has 0 aliphatic rings. The van der Waals surface area contributed by atoms with Gasteiger partial charge >= 0.3 is 5.97 Å². The van der Waals surface area contributed by atoms with Crippen LogP contribution in [0, 0.1) is 0 Å². The Hall–Kier alpha value is -1.36. The van der Waals surface area contributed by atoms with Gasteiger partial charge in [-0.25, -0.2) is 4.98 Å². The summed E-state index contributed by atoms with van der Waals surface area (Å²) >= 11 is 5.11. The summed E-state index contributed by atoms with van der Waals surface area (Å²) < 4.78 is 9.35. The first-order valence-corrected chi connectivity index (χ1v) is 3.75. The second-order valence-corrected chi connectivity index (χ2v) is 2.52. The number of aromatic nitrogens is 1. The highest BCUT2D eigenvalue weighted by Gasteiger charge is 2.09. The van der Waals surface area contributed by atoms with Gasteiger partial charge in [-0.3, -0.25) is 9.59 Å². The molecular weight excluding hydrogens is 198 g/mol. The highest BCUT2D eigenvalue weighted by molar-refractivity contribution is 6.67. The van der Waals surface area contributed by atoms with Crippen LogP contribution in [0.1, 0.15) is 23.3 Å². The first-order chi connectivity index (χ1) is 6.09. The zero-order chi connectivity index (χ0) is 9.84. The summed E-state index contributed by atoms with van der Waals surface area (Å²) in [6, 6.07) is 0. The maximum Gasteiger partial charge on any atom is 0.303 e. The molecule has 13 heavy (non-hydrogen) atoms. The van der Waals surface area contributed by atoms with Crippen molar-refractivity contribution in [2.45, 2.75) is 13.5 Å². The molecule has 0 spiro atoms. The van der Waals surface area contributed by atoms with Crippen LogP contribution in [-0.4, -0.2) is 16.2 Å². The van der Waals surface area contributed by atoms with Crippen LogP contribution in [0.3, 0.4) is 0 Å². The minimum atomic E-state index is -0.710. The lowest BCUT2D eigenvalue weighted by molar-refractivity contribution is -0.142.